The minimum absolute atomic E-state index is 0.0302. The fraction of sp³-hybridized carbons (Fsp3) is 0.333. The molecule has 0 radical (unpaired) electrons. The van der Waals surface area contributed by atoms with Gasteiger partial charge in [0.1, 0.15) is 0 Å². The van der Waals surface area contributed by atoms with Crippen molar-refractivity contribution in [2.75, 3.05) is 11.9 Å². The van der Waals surface area contributed by atoms with Gasteiger partial charge in [-0.3, -0.25) is 0 Å². The van der Waals surface area contributed by atoms with Gasteiger partial charge in [0.2, 0.25) is 5.95 Å². The second-order valence-corrected chi connectivity index (χ2v) is 3.93. The van der Waals surface area contributed by atoms with E-state index >= 15 is 0 Å². The summed E-state index contributed by atoms with van der Waals surface area (Å²) < 4.78 is 5.01. The number of aromatic nitrogens is 2. The highest BCUT2D eigenvalue weighted by Crippen LogP contribution is 2.13. The van der Waals surface area contributed by atoms with Crippen molar-refractivity contribution < 1.29 is 9.52 Å². The molecule has 0 amide bonds. The molecule has 0 bridgehead atoms. The van der Waals surface area contributed by atoms with Crippen LogP contribution in [-0.2, 0) is 13.2 Å². The van der Waals surface area contributed by atoms with Crippen LogP contribution in [0, 0.1) is 6.92 Å². The Morgan fingerprint density at radius 2 is 2.29 bits per heavy atom. The van der Waals surface area contributed by atoms with Crippen molar-refractivity contribution in [3.8, 4) is 0 Å². The van der Waals surface area contributed by atoms with Crippen LogP contribution < -0.4 is 4.90 Å². The van der Waals surface area contributed by atoms with Crippen LogP contribution >= 0.6 is 0 Å². The van der Waals surface area contributed by atoms with Crippen LogP contribution in [0.25, 0.3) is 0 Å². The summed E-state index contributed by atoms with van der Waals surface area (Å²) >= 11 is 0. The SMILES string of the molecule is Cc1nc(N(C)Cc2ccoc2)ncc1CO. The number of aliphatic hydroxyl groups is 1. The first-order valence-electron chi connectivity index (χ1n) is 5.36. The zero-order chi connectivity index (χ0) is 12.3. The van der Waals surface area contributed by atoms with Gasteiger partial charge >= 0.3 is 0 Å². The zero-order valence-corrected chi connectivity index (χ0v) is 9.92. The van der Waals surface area contributed by atoms with E-state index in [1.54, 1.807) is 18.7 Å². The molecular formula is C12H15N3O2. The second-order valence-electron chi connectivity index (χ2n) is 3.93. The molecule has 0 fully saturated rings. The average molecular weight is 233 g/mol. The van der Waals surface area contributed by atoms with Crippen molar-refractivity contribution in [3.05, 3.63) is 41.6 Å². The quantitative estimate of drug-likeness (QED) is 0.867. The van der Waals surface area contributed by atoms with Crippen molar-refractivity contribution >= 4 is 5.95 Å². The molecule has 2 aromatic heterocycles. The summed E-state index contributed by atoms with van der Waals surface area (Å²) in [4.78, 5) is 10.5. The molecule has 2 rings (SSSR count). The third-order valence-electron chi connectivity index (χ3n) is 2.58. The van der Waals surface area contributed by atoms with Gasteiger partial charge in [-0.25, -0.2) is 9.97 Å². The van der Waals surface area contributed by atoms with Gasteiger partial charge in [-0.1, -0.05) is 0 Å². The van der Waals surface area contributed by atoms with Crippen molar-refractivity contribution in [2.45, 2.75) is 20.1 Å². The van der Waals surface area contributed by atoms with Crippen molar-refractivity contribution in [1.82, 2.24) is 9.97 Å². The normalized spacial score (nSPS) is 10.5. The molecule has 90 valence electrons. The van der Waals surface area contributed by atoms with E-state index in [0.29, 0.717) is 12.5 Å². The Kier molecular flexibility index (Phi) is 3.39. The van der Waals surface area contributed by atoms with E-state index in [9.17, 15) is 0 Å². The van der Waals surface area contributed by atoms with E-state index in [4.69, 9.17) is 9.52 Å². The molecule has 0 saturated heterocycles. The molecule has 5 nitrogen and oxygen atoms in total. The smallest absolute Gasteiger partial charge is 0.225 e. The number of hydrogen-bond acceptors (Lipinski definition) is 5. The first-order valence-corrected chi connectivity index (χ1v) is 5.36. The molecule has 0 spiro atoms. The molecule has 0 aliphatic rings. The maximum Gasteiger partial charge on any atom is 0.225 e. The number of aryl methyl sites for hydroxylation is 1. The van der Waals surface area contributed by atoms with Crippen LogP contribution in [0.15, 0.2) is 29.2 Å². The lowest BCUT2D eigenvalue weighted by Crippen LogP contribution is -2.19. The highest BCUT2D eigenvalue weighted by atomic mass is 16.3. The first-order chi connectivity index (χ1) is 8.20. The largest absolute Gasteiger partial charge is 0.472 e. The monoisotopic (exact) mass is 233 g/mol. The van der Waals surface area contributed by atoms with Gasteiger partial charge in [0.25, 0.3) is 0 Å². The van der Waals surface area contributed by atoms with Gasteiger partial charge in [-0.05, 0) is 13.0 Å². The van der Waals surface area contributed by atoms with Crippen LogP contribution in [0.5, 0.6) is 0 Å². The molecular weight excluding hydrogens is 218 g/mol. The molecule has 0 atom stereocenters. The topological polar surface area (TPSA) is 62.4 Å². The third kappa shape index (κ3) is 2.62. The van der Waals surface area contributed by atoms with Gasteiger partial charge in [0.05, 0.1) is 19.1 Å². The Bertz CT molecular complexity index is 483. The molecule has 0 aromatic carbocycles. The highest BCUT2D eigenvalue weighted by molar-refractivity contribution is 5.32. The molecule has 2 aromatic rings. The molecule has 0 saturated carbocycles. The minimum Gasteiger partial charge on any atom is -0.472 e. The predicted molar refractivity (Wildman–Crippen MR) is 63.5 cm³/mol. The molecule has 0 aliphatic carbocycles. The summed E-state index contributed by atoms with van der Waals surface area (Å²) in [5.41, 5.74) is 2.63. The summed E-state index contributed by atoms with van der Waals surface area (Å²) in [6, 6.07) is 1.91. The lowest BCUT2D eigenvalue weighted by Gasteiger charge is -2.16. The number of nitrogens with zero attached hydrogens (tertiary/aromatic N) is 3. The lowest BCUT2D eigenvalue weighted by atomic mass is 10.2. The Morgan fingerprint density at radius 1 is 1.47 bits per heavy atom. The lowest BCUT2D eigenvalue weighted by molar-refractivity contribution is 0.280. The number of rotatable bonds is 4. The molecule has 1 N–H and O–H groups in total. The van der Waals surface area contributed by atoms with Crippen LogP contribution in [0.1, 0.15) is 16.8 Å². The average Bonchev–Trinajstić information content (AvgIpc) is 2.81. The Labute approximate surface area is 99.7 Å². The summed E-state index contributed by atoms with van der Waals surface area (Å²) in [5.74, 6) is 0.640. The zero-order valence-electron chi connectivity index (χ0n) is 9.92. The summed E-state index contributed by atoms with van der Waals surface area (Å²) in [6.45, 7) is 2.52. The molecule has 0 unspecified atom stereocenters. The molecule has 2 heterocycles. The van der Waals surface area contributed by atoms with Gasteiger partial charge in [0.15, 0.2) is 0 Å². The Balaban J connectivity index is 2.14. The second kappa shape index (κ2) is 4.97. The van der Waals surface area contributed by atoms with Crippen molar-refractivity contribution in [3.63, 3.8) is 0 Å². The Hall–Kier alpha value is -1.88. The molecule has 17 heavy (non-hydrogen) atoms. The number of hydrogen-bond donors (Lipinski definition) is 1. The van der Waals surface area contributed by atoms with Crippen LogP contribution in [0.3, 0.4) is 0 Å². The Morgan fingerprint density at radius 3 is 2.88 bits per heavy atom. The number of furan rings is 1. The van der Waals surface area contributed by atoms with Crippen LogP contribution in [-0.4, -0.2) is 22.1 Å². The summed E-state index contributed by atoms with van der Waals surface area (Å²) in [6.07, 6.45) is 5.00. The van der Waals surface area contributed by atoms with Gasteiger partial charge in [-0.15, -0.1) is 0 Å². The third-order valence-corrected chi connectivity index (χ3v) is 2.58. The first kappa shape index (κ1) is 11.6. The fourth-order valence-corrected chi connectivity index (χ4v) is 1.55. The number of aliphatic hydroxyl groups excluding tert-OH is 1. The van der Waals surface area contributed by atoms with E-state index in [1.807, 2.05) is 24.9 Å². The maximum atomic E-state index is 9.05. The van der Waals surface area contributed by atoms with Gasteiger partial charge in [0, 0.05) is 36.6 Å². The number of anilines is 1. The standard InChI is InChI=1S/C12H15N3O2/c1-9-11(7-16)5-13-12(14-9)15(2)6-10-3-4-17-8-10/h3-5,8,16H,6-7H2,1-2H3. The van der Waals surface area contributed by atoms with E-state index in [1.165, 1.54) is 0 Å². The predicted octanol–water partition coefficient (Wildman–Crippen LogP) is 1.51. The van der Waals surface area contributed by atoms with Gasteiger partial charge in [-0.2, -0.15) is 0 Å². The summed E-state index contributed by atoms with van der Waals surface area (Å²) in [5, 5.41) is 9.05. The van der Waals surface area contributed by atoms with Gasteiger partial charge < -0.3 is 14.4 Å². The highest BCUT2D eigenvalue weighted by Gasteiger charge is 2.08. The molecule has 0 aliphatic heterocycles. The van der Waals surface area contributed by atoms with E-state index in [2.05, 4.69) is 9.97 Å². The van der Waals surface area contributed by atoms with Crippen LogP contribution in [0.4, 0.5) is 5.95 Å². The van der Waals surface area contributed by atoms with E-state index in [0.717, 1.165) is 16.8 Å². The van der Waals surface area contributed by atoms with E-state index in [-0.39, 0.29) is 6.61 Å². The van der Waals surface area contributed by atoms with Crippen LogP contribution in [0.2, 0.25) is 0 Å². The summed E-state index contributed by atoms with van der Waals surface area (Å²) in [7, 11) is 1.92. The minimum atomic E-state index is -0.0302. The van der Waals surface area contributed by atoms with Crippen molar-refractivity contribution in [2.24, 2.45) is 0 Å². The molecule has 5 heteroatoms. The van der Waals surface area contributed by atoms with Crippen molar-refractivity contribution in [1.29, 1.82) is 0 Å². The fourth-order valence-electron chi connectivity index (χ4n) is 1.55. The van der Waals surface area contributed by atoms with E-state index < -0.39 is 0 Å². The maximum absolute atomic E-state index is 9.05.